The highest BCUT2D eigenvalue weighted by atomic mass is 16.3. The molecule has 114 valence electrons. The lowest BCUT2D eigenvalue weighted by atomic mass is 9.77. The Morgan fingerprint density at radius 3 is 2.76 bits per heavy atom. The van der Waals surface area contributed by atoms with Gasteiger partial charge in [-0.05, 0) is 19.5 Å². The van der Waals surface area contributed by atoms with E-state index in [0.29, 0.717) is 25.2 Å². The highest BCUT2D eigenvalue weighted by molar-refractivity contribution is 5.95. The second-order valence-electron chi connectivity index (χ2n) is 5.93. The van der Waals surface area contributed by atoms with Crippen molar-refractivity contribution in [2.24, 2.45) is 11.8 Å². The van der Waals surface area contributed by atoms with Gasteiger partial charge in [0.25, 0.3) is 0 Å². The number of carbonyl (C=O) groups is 2. The van der Waals surface area contributed by atoms with Gasteiger partial charge in [-0.1, -0.05) is 6.92 Å². The summed E-state index contributed by atoms with van der Waals surface area (Å²) in [5, 5.41) is 18.4. The molecule has 2 heterocycles. The lowest BCUT2D eigenvalue weighted by Crippen LogP contribution is -2.63. The summed E-state index contributed by atoms with van der Waals surface area (Å²) in [5.74, 6) is -0.539. The van der Waals surface area contributed by atoms with Gasteiger partial charge in [0.1, 0.15) is 0 Å². The number of aliphatic hydroxyl groups excluding tert-OH is 1. The van der Waals surface area contributed by atoms with Crippen LogP contribution in [-0.2, 0) is 9.59 Å². The van der Waals surface area contributed by atoms with Gasteiger partial charge in [-0.15, -0.1) is 0 Å². The van der Waals surface area contributed by atoms with E-state index in [4.69, 9.17) is 5.26 Å². The number of nitriles is 1. The van der Waals surface area contributed by atoms with Crippen LogP contribution in [0.1, 0.15) is 20.3 Å². The quantitative estimate of drug-likeness (QED) is 0.556. The summed E-state index contributed by atoms with van der Waals surface area (Å²) >= 11 is 0. The van der Waals surface area contributed by atoms with Crippen LogP contribution in [0.25, 0.3) is 0 Å². The zero-order valence-electron chi connectivity index (χ0n) is 12.6. The first-order chi connectivity index (χ1) is 9.93. The largest absolute Gasteiger partial charge is 0.393 e. The van der Waals surface area contributed by atoms with Crippen LogP contribution >= 0.6 is 0 Å². The molecule has 0 aromatic carbocycles. The van der Waals surface area contributed by atoms with Gasteiger partial charge in [0.05, 0.1) is 29.8 Å². The van der Waals surface area contributed by atoms with Crippen LogP contribution in [0.15, 0.2) is 11.3 Å². The molecule has 2 rings (SSSR count). The predicted octanol–water partition coefficient (Wildman–Crippen LogP) is 0.142. The average molecular weight is 291 g/mol. The van der Waals surface area contributed by atoms with Gasteiger partial charge in [-0.25, -0.2) is 0 Å². The second kappa shape index (κ2) is 5.96. The van der Waals surface area contributed by atoms with E-state index < -0.39 is 12.0 Å². The number of nitrogens with zero attached hydrogens (tertiary/aromatic N) is 3. The van der Waals surface area contributed by atoms with E-state index in [9.17, 15) is 14.7 Å². The Hall–Kier alpha value is -1.71. The molecule has 2 aliphatic heterocycles. The van der Waals surface area contributed by atoms with Crippen molar-refractivity contribution in [1.29, 1.82) is 5.26 Å². The molecule has 0 unspecified atom stereocenters. The van der Waals surface area contributed by atoms with E-state index >= 15 is 0 Å². The van der Waals surface area contributed by atoms with Crippen LogP contribution in [0.2, 0.25) is 0 Å². The van der Waals surface area contributed by atoms with E-state index in [1.165, 1.54) is 4.90 Å². The molecular weight excluding hydrogens is 270 g/mol. The highest BCUT2D eigenvalue weighted by Crippen LogP contribution is 2.46. The number of likely N-dealkylation sites (N-methyl/N-ethyl adjacent to an activating group) is 1. The zero-order valence-corrected chi connectivity index (χ0v) is 12.6. The topological polar surface area (TPSA) is 84.6 Å². The Bertz CT molecular complexity index is 521. The molecule has 4 atom stereocenters. The normalized spacial score (nSPS) is 29.2. The highest BCUT2D eigenvalue weighted by Gasteiger charge is 2.58. The molecule has 0 aliphatic carbocycles. The fourth-order valence-electron chi connectivity index (χ4n) is 3.40. The van der Waals surface area contributed by atoms with Gasteiger partial charge in [0.2, 0.25) is 5.91 Å². The van der Waals surface area contributed by atoms with Crippen molar-refractivity contribution in [2.75, 3.05) is 20.1 Å². The smallest absolute Gasteiger partial charge is 0.235 e. The van der Waals surface area contributed by atoms with Crippen LogP contribution in [-0.4, -0.2) is 59.4 Å². The molecule has 0 saturated carbocycles. The van der Waals surface area contributed by atoms with Crippen LogP contribution in [0.3, 0.4) is 0 Å². The van der Waals surface area contributed by atoms with Crippen molar-refractivity contribution >= 4 is 12.2 Å². The summed E-state index contributed by atoms with van der Waals surface area (Å²) in [6.45, 7) is 4.79. The van der Waals surface area contributed by atoms with Gasteiger partial charge in [0.15, 0.2) is 6.29 Å². The molecule has 1 saturated heterocycles. The first-order valence-electron chi connectivity index (χ1n) is 7.18. The molecule has 0 radical (unpaired) electrons. The number of aliphatic hydroxyl groups is 1. The number of aldehydes is 1. The standard InChI is InChI=1S/C15H21N3O3/c1-9-11(7-17(3)6-4-5-16)12(8-19)18-14(9)13(10(2)20)15(18)21/h8-10,13-14,20H,4,6-7H2,1-3H3/t9-,10+,13+,14+/m0/s1. The van der Waals surface area contributed by atoms with Crippen molar-refractivity contribution < 1.29 is 14.7 Å². The van der Waals surface area contributed by atoms with Crippen molar-refractivity contribution in [3.8, 4) is 6.07 Å². The summed E-state index contributed by atoms with van der Waals surface area (Å²) < 4.78 is 0. The molecule has 1 fully saturated rings. The van der Waals surface area contributed by atoms with Gasteiger partial charge in [0, 0.05) is 25.4 Å². The Kier molecular flexibility index (Phi) is 4.45. The molecule has 6 nitrogen and oxygen atoms in total. The Balaban J connectivity index is 2.18. The fourth-order valence-corrected chi connectivity index (χ4v) is 3.40. The lowest BCUT2D eigenvalue weighted by molar-refractivity contribution is -0.160. The van der Waals surface area contributed by atoms with E-state index in [2.05, 4.69) is 6.07 Å². The Labute approximate surface area is 124 Å². The molecule has 0 spiro atoms. The third-order valence-corrected chi connectivity index (χ3v) is 4.52. The first-order valence-corrected chi connectivity index (χ1v) is 7.18. The first kappa shape index (κ1) is 15.7. The molecule has 0 bridgehead atoms. The SMILES string of the molecule is C[C@@H](O)[C@H]1C(=O)N2C(C=O)=C(CN(C)CCC#N)[C@H](C)[C@H]12. The van der Waals surface area contributed by atoms with Gasteiger partial charge in [-0.2, -0.15) is 5.26 Å². The number of hydrogen-bond donors (Lipinski definition) is 1. The molecule has 21 heavy (non-hydrogen) atoms. The van der Waals surface area contributed by atoms with E-state index in [1.54, 1.807) is 6.92 Å². The fraction of sp³-hybridized carbons (Fsp3) is 0.667. The number of amides is 1. The predicted molar refractivity (Wildman–Crippen MR) is 75.8 cm³/mol. The van der Waals surface area contributed by atoms with Crippen molar-refractivity contribution in [1.82, 2.24) is 9.80 Å². The molecule has 6 heteroatoms. The summed E-state index contributed by atoms with van der Waals surface area (Å²) in [5.41, 5.74) is 1.37. The van der Waals surface area contributed by atoms with Gasteiger partial charge < -0.3 is 14.9 Å². The minimum Gasteiger partial charge on any atom is -0.393 e. The molecule has 1 N–H and O–H groups in total. The maximum atomic E-state index is 12.1. The summed E-state index contributed by atoms with van der Waals surface area (Å²) in [6.07, 6.45) is 0.460. The van der Waals surface area contributed by atoms with Gasteiger partial charge in [-0.3, -0.25) is 9.59 Å². The third-order valence-electron chi connectivity index (χ3n) is 4.52. The minimum absolute atomic E-state index is 0.0482. The number of fused-ring (bicyclic) bond motifs is 1. The molecule has 0 aromatic rings. The summed E-state index contributed by atoms with van der Waals surface area (Å²) in [4.78, 5) is 27.0. The zero-order chi connectivity index (χ0) is 15.7. The van der Waals surface area contributed by atoms with E-state index in [-0.39, 0.29) is 17.9 Å². The lowest BCUT2D eigenvalue weighted by Gasteiger charge is -2.46. The Morgan fingerprint density at radius 1 is 1.57 bits per heavy atom. The van der Waals surface area contributed by atoms with Crippen LogP contribution in [0.5, 0.6) is 0 Å². The number of carbonyl (C=O) groups excluding carboxylic acids is 2. The Morgan fingerprint density at radius 2 is 2.24 bits per heavy atom. The van der Waals surface area contributed by atoms with E-state index in [0.717, 1.165) is 11.9 Å². The van der Waals surface area contributed by atoms with Gasteiger partial charge >= 0.3 is 0 Å². The maximum absolute atomic E-state index is 12.1. The number of β-lactam (4-membered cyclic amide) rings is 1. The number of rotatable bonds is 6. The molecule has 1 amide bonds. The molecular formula is C15H21N3O3. The number of hydrogen-bond acceptors (Lipinski definition) is 5. The monoisotopic (exact) mass is 291 g/mol. The molecule has 0 aromatic heterocycles. The van der Waals surface area contributed by atoms with Crippen molar-refractivity contribution in [2.45, 2.75) is 32.4 Å². The van der Waals surface area contributed by atoms with Crippen molar-refractivity contribution in [3.05, 3.63) is 11.3 Å². The second-order valence-corrected chi connectivity index (χ2v) is 5.93. The van der Waals surface area contributed by atoms with Crippen LogP contribution in [0.4, 0.5) is 0 Å². The maximum Gasteiger partial charge on any atom is 0.235 e. The molecule has 2 aliphatic rings. The number of allylic oxidation sites excluding steroid dienone is 1. The van der Waals surface area contributed by atoms with Crippen LogP contribution < -0.4 is 0 Å². The van der Waals surface area contributed by atoms with Crippen molar-refractivity contribution in [3.63, 3.8) is 0 Å². The minimum atomic E-state index is -0.704. The summed E-state index contributed by atoms with van der Waals surface area (Å²) in [7, 11) is 1.89. The van der Waals surface area contributed by atoms with Crippen LogP contribution in [0, 0.1) is 23.2 Å². The third kappa shape index (κ3) is 2.47. The van der Waals surface area contributed by atoms with E-state index in [1.807, 2.05) is 18.9 Å². The summed E-state index contributed by atoms with van der Waals surface area (Å²) in [6, 6.07) is 1.98. The average Bonchev–Trinajstić information content (AvgIpc) is 2.66.